The highest BCUT2D eigenvalue weighted by molar-refractivity contribution is 6.04. The number of benzene rings is 2. The molecule has 0 bridgehead atoms. The van der Waals surface area contributed by atoms with Gasteiger partial charge in [-0.3, -0.25) is 10.2 Å². The highest BCUT2D eigenvalue weighted by Crippen LogP contribution is 2.21. The third kappa shape index (κ3) is 4.55. The van der Waals surface area contributed by atoms with Gasteiger partial charge in [0.05, 0.1) is 0 Å². The smallest absolute Gasteiger partial charge is 0.255 e. The van der Waals surface area contributed by atoms with Crippen molar-refractivity contribution in [1.29, 1.82) is 5.41 Å². The topological polar surface area (TPSA) is 103 Å². The lowest BCUT2D eigenvalue weighted by atomic mass is 10.1. The van der Waals surface area contributed by atoms with Gasteiger partial charge in [0.25, 0.3) is 5.91 Å². The van der Waals surface area contributed by atoms with Crippen molar-refractivity contribution in [3.05, 3.63) is 59.7 Å². The lowest BCUT2D eigenvalue weighted by Gasteiger charge is -2.14. The van der Waals surface area contributed by atoms with Gasteiger partial charge in [0.1, 0.15) is 0 Å². The van der Waals surface area contributed by atoms with Crippen LogP contribution in [-0.4, -0.2) is 18.4 Å². The minimum Gasteiger partial charge on any atom is -0.357 e. The van der Waals surface area contributed by atoms with Crippen LogP contribution in [0.3, 0.4) is 0 Å². The first-order valence-electron chi connectivity index (χ1n) is 7.43. The van der Waals surface area contributed by atoms with Gasteiger partial charge in [-0.05, 0) is 42.8 Å². The molecule has 120 valence electrons. The molecule has 0 aliphatic carbocycles. The number of nitrogens with two attached hydrogens (primary N) is 1. The second-order valence-electron chi connectivity index (χ2n) is 4.93. The van der Waals surface area contributed by atoms with Gasteiger partial charge in [-0.15, -0.1) is 0 Å². The maximum atomic E-state index is 12.2. The molecular formula is C17H21N5O. The van der Waals surface area contributed by atoms with E-state index in [4.69, 9.17) is 11.1 Å². The summed E-state index contributed by atoms with van der Waals surface area (Å²) in [6, 6.07) is 14.4. The molecule has 0 unspecified atom stereocenters. The first-order valence-corrected chi connectivity index (χ1v) is 7.43. The van der Waals surface area contributed by atoms with Crippen molar-refractivity contribution in [3.63, 3.8) is 0 Å². The van der Waals surface area contributed by atoms with E-state index in [0.717, 1.165) is 11.3 Å². The average Bonchev–Trinajstić information content (AvgIpc) is 2.57. The summed E-state index contributed by atoms with van der Waals surface area (Å²) in [5.41, 5.74) is 8.57. The number of nitrogens with one attached hydrogen (secondary N) is 4. The first-order chi connectivity index (χ1) is 11.1. The van der Waals surface area contributed by atoms with Gasteiger partial charge < -0.3 is 21.7 Å². The predicted octanol–water partition coefficient (Wildman–Crippen LogP) is 2.35. The van der Waals surface area contributed by atoms with E-state index in [9.17, 15) is 4.79 Å². The fourth-order valence-electron chi connectivity index (χ4n) is 2.11. The van der Waals surface area contributed by atoms with Crippen LogP contribution in [0.25, 0.3) is 0 Å². The van der Waals surface area contributed by atoms with Crippen LogP contribution in [0, 0.1) is 5.41 Å². The Balaban J connectivity index is 2.13. The van der Waals surface area contributed by atoms with E-state index < -0.39 is 0 Å². The summed E-state index contributed by atoms with van der Waals surface area (Å²) >= 11 is 0. The van der Waals surface area contributed by atoms with Crippen molar-refractivity contribution < 1.29 is 4.79 Å². The summed E-state index contributed by atoms with van der Waals surface area (Å²) in [6.45, 7) is 2.87. The molecule has 6 heteroatoms. The zero-order valence-corrected chi connectivity index (χ0v) is 13.0. The quantitative estimate of drug-likeness (QED) is 0.432. The maximum Gasteiger partial charge on any atom is 0.255 e. The minimum atomic E-state index is -0.179. The monoisotopic (exact) mass is 311 g/mol. The van der Waals surface area contributed by atoms with Crippen LogP contribution in [-0.2, 0) is 6.54 Å². The van der Waals surface area contributed by atoms with E-state index in [0.29, 0.717) is 17.8 Å². The molecule has 1 amide bonds. The number of anilines is 2. The summed E-state index contributed by atoms with van der Waals surface area (Å²) < 4.78 is 0. The molecule has 2 rings (SSSR count). The molecule has 0 fully saturated rings. The summed E-state index contributed by atoms with van der Waals surface area (Å²) in [6.07, 6.45) is 0. The number of hydrogen-bond donors (Lipinski definition) is 5. The van der Waals surface area contributed by atoms with Crippen LogP contribution in [0.1, 0.15) is 22.8 Å². The zero-order chi connectivity index (χ0) is 16.7. The van der Waals surface area contributed by atoms with E-state index >= 15 is 0 Å². The van der Waals surface area contributed by atoms with Gasteiger partial charge in [-0.2, -0.15) is 0 Å². The number of hydrogen-bond acceptors (Lipinski definition) is 3. The van der Waals surface area contributed by atoms with Crippen LogP contribution in [0.15, 0.2) is 48.5 Å². The van der Waals surface area contributed by atoms with Crippen molar-refractivity contribution in [1.82, 2.24) is 5.32 Å². The number of carbonyl (C=O) groups excluding carboxylic acids is 1. The zero-order valence-electron chi connectivity index (χ0n) is 13.0. The van der Waals surface area contributed by atoms with Crippen molar-refractivity contribution >= 4 is 23.2 Å². The van der Waals surface area contributed by atoms with Crippen LogP contribution in [0.2, 0.25) is 0 Å². The van der Waals surface area contributed by atoms with Crippen LogP contribution in [0.4, 0.5) is 11.4 Å². The maximum absolute atomic E-state index is 12.2. The summed E-state index contributed by atoms with van der Waals surface area (Å²) in [5.74, 6) is 0.0398. The Kier molecular flexibility index (Phi) is 5.71. The van der Waals surface area contributed by atoms with E-state index in [1.165, 1.54) is 0 Å². The normalized spacial score (nSPS) is 10.0. The summed E-state index contributed by atoms with van der Waals surface area (Å²) in [7, 11) is 0. The molecule has 0 saturated heterocycles. The third-order valence-corrected chi connectivity index (χ3v) is 3.23. The molecule has 0 aliphatic heterocycles. The first kappa shape index (κ1) is 16.5. The molecule has 6 nitrogen and oxygen atoms in total. The van der Waals surface area contributed by atoms with Gasteiger partial charge in [0.15, 0.2) is 5.96 Å². The molecule has 0 spiro atoms. The average molecular weight is 311 g/mol. The van der Waals surface area contributed by atoms with Gasteiger partial charge in [-0.1, -0.05) is 18.2 Å². The largest absolute Gasteiger partial charge is 0.357 e. The fraction of sp³-hybridized carbons (Fsp3) is 0.176. The molecule has 0 atom stereocenters. The summed E-state index contributed by atoms with van der Waals surface area (Å²) in [5, 5.41) is 16.4. The Morgan fingerprint density at radius 2 is 1.87 bits per heavy atom. The molecular weight excluding hydrogens is 290 g/mol. The second-order valence-corrected chi connectivity index (χ2v) is 4.93. The molecule has 23 heavy (non-hydrogen) atoms. The van der Waals surface area contributed by atoms with Crippen LogP contribution < -0.4 is 21.7 Å². The van der Waals surface area contributed by atoms with Crippen molar-refractivity contribution in [2.75, 3.05) is 17.2 Å². The molecule has 0 saturated carbocycles. The van der Waals surface area contributed by atoms with Gasteiger partial charge >= 0.3 is 0 Å². The van der Waals surface area contributed by atoms with E-state index in [1.807, 2.05) is 31.2 Å². The Morgan fingerprint density at radius 1 is 1.13 bits per heavy atom. The van der Waals surface area contributed by atoms with Crippen LogP contribution >= 0.6 is 0 Å². The second kappa shape index (κ2) is 7.95. The lowest BCUT2D eigenvalue weighted by Crippen LogP contribution is -2.29. The van der Waals surface area contributed by atoms with Crippen LogP contribution in [0.5, 0.6) is 0 Å². The fourth-order valence-corrected chi connectivity index (χ4v) is 2.11. The van der Waals surface area contributed by atoms with E-state index in [2.05, 4.69) is 16.0 Å². The molecule has 6 N–H and O–H groups in total. The van der Waals surface area contributed by atoms with E-state index in [-0.39, 0.29) is 18.4 Å². The summed E-state index contributed by atoms with van der Waals surface area (Å²) in [4.78, 5) is 12.2. The van der Waals surface area contributed by atoms with Crippen molar-refractivity contribution in [2.24, 2.45) is 5.73 Å². The molecule has 0 aromatic heterocycles. The molecule has 2 aromatic rings. The minimum absolute atomic E-state index is 0.179. The molecule has 0 aliphatic rings. The number of carbonyl (C=O) groups is 1. The van der Waals surface area contributed by atoms with Gasteiger partial charge in [-0.25, -0.2) is 0 Å². The standard InChI is InChI=1S/C17H21N5O/c1-2-20-17(19)21-14-8-9-15(13(10-14)11-18)22-16(23)12-6-4-3-5-7-12/h3-10H,2,11,18H2,1H3,(H,22,23)(H3,19,20,21). The van der Waals surface area contributed by atoms with Gasteiger partial charge in [0, 0.05) is 30.0 Å². The molecule has 0 heterocycles. The van der Waals surface area contributed by atoms with Crippen molar-refractivity contribution in [3.8, 4) is 0 Å². The Labute approximate surface area is 135 Å². The number of amides is 1. The third-order valence-electron chi connectivity index (χ3n) is 3.23. The Hall–Kier alpha value is -2.86. The van der Waals surface area contributed by atoms with E-state index in [1.54, 1.807) is 24.3 Å². The highest BCUT2D eigenvalue weighted by Gasteiger charge is 2.09. The Bertz CT molecular complexity index is 685. The van der Waals surface area contributed by atoms with Gasteiger partial charge in [0.2, 0.25) is 0 Å². The SMILES string of the molecule is CCNC(=N)Nc1ccc(NC(=O)c2ccccc2)c(CN)c1. The number of rotatable bonds is 5. The highest BCUT2D eigenvalue weighted by atomic mass is 16.1. The Morgan fingerprint density at radius 3 is 2.52 bits per heavy atom. The molecule has 2 aromatic carbocycles. The predicted molar refractivity (Wildman–Crippen MR) is 93.8 cm³/mol. The molecule has 0 radical (unpaired) electrons. The number of guanidine groups is 1. The van der Waals surface area contributed by atoms with Crippen molar-refractivity contribution in [2.45, 2.75) is 13.5 Å². The lowest BCUT2D eigenvalue weighted by molar-refractivity contribution is 0.102.